The zero-order valence-corrected chi connectivity index (χ0v) is 19.9. The van der Waals surface area contributed by atoms with Crippen molar-refractivity contribution in [1.29, 1.82) is 0 Å². The fourth-order valence-corrected chi connectivity index (χ4v) is 7.10. The molecule has 174 valence electrons. The number of fused-ring (bicyclic) bond motifs is 1. The van der Waals surface area contributed by atoms with Gasteiger partial charge in [0.15, 0.2) is 10.8 Å². The van der Waals surface area contributed by atoms with E-state index in [0.717, 1.165) is 16.2 Å². The van der Waals surface area contributed by atoms with Crippen molar-refractivity contribution in [3.05, 3.63) is 21.7 Å². The Kier molecular flexibility index (Phi) is 6.77. The van der Waals surface area contributed by atoms with Crippen molar-refractivity contribution < 1.29 is 24.7 Å². The number of oxime groups is 1. The van der Waals surface area contributed by atoms with Crippen LogP contribution >= 0.6 is 46.6 Å². The van der Waals surface area contributed by atoms with E-state index in [1.54, 1.807) is 7.05 Å². The Morgan fingerprint density at radius 2 is 2.21 bits per heavy atom. The number of nitrogens with zero attached hydrogens (tertiary/aromatic N) is 7. The number of nitrogen functional groups attached to an aromatic ring is 1. The maximum Gasteiger partial charge on any atom is 0.353 e. The number of thiazole rings is 1. The average molecular weight is 530 g/mol. The topological polar surface area (TPSA) is 202 Å². The van der Waals surface area contributed by atoms with E-state index in [-0.39, 0.29) is 16.5 Å². The van der Waals surface area contributed by atoms with Crippen LogP contribution in [0, 0.1) is 0 Å². The highest BCUT2D eigenvalue weighted by atomic mass is 32.2. The van der Waals surface area contributed by atoms with E-state index < -0.39 is 34.9 Å². The molecule has 0 bridgehead atoms. The molecule has 2 aliphatic heterocycles. The van der Waals surface area contributed by atoms with Gasteiger partial charge in [-0.25, -0.2) is 9.78 Å². The molecule has 0 unspecified atom stereocenters. The lowest BCUT2D eigenvalue weighted by molar-refractivity contribution is -0.150. The molecular weight excluding hydrogens is 514 g/mol. The summed E-state index contributed by atoms with van der Waals surface area (Å²) >= 11 is 4.95. The molecule has 1 saturated heterocycles. The molecule has 4 heterocycles. The summed E-state index contributed by atoms with van der Waals surface area (Å²) in [5.74, 6) is -2.30. The number of carboxylic acids is 1. The first kappa shape index (κ1) is 23.3. The third kappa shape index (κ3) is 4.63. The number of carbonyl (C=O) groups is 3. The van der Waals surface area contributed by atoms with Crippen LogP contribution in [0.3, 0.4) is 0 Å². The third-order valence-electron chi connectivity index (χ3n) is 4.41. The number of β-lactam (4-membered cyclic amide) rings is 1. The molecule has 2 aromatic heterocycles. The van der Waals surface area contributed by atoms with Gasteiger partial charge in [0.1, 0.15) is 22.8 Å². The van der Waals surface area contributed by atoms with E-state index in [0.29, 0.717) is 20.9 Å². The van der Waals surface area contributed by atoms with Crippen molar-refractivity contribution in [1.82, 2.24) is 35.4 Å². The summed E-state index contributed by atoms with van der Waals surface area (Å²) in [6.07, 6.45) is 0. The minimum Gasteiger partial charge on any atom is -0.477 e. The lowest BCUT2D eigenvalue weighted by Crippen LogP contribution is -2.71. The van der Waals surface area contributed by atoms with Crippen LogP contribution in [0.1, 0.15) is 5.69 Å². The van der Waals surface area contributed by atoms with Crippen LogP contribution < -0.4 is 11.1 Å². The number of carbonyl (C=O) groups excluding carboxylic acids is 2. The number of thioether (sulfide) groups is 3. The summed E-state index contributed by atoms with van der Waals surface area (Å²) in [5, 5.41) is 38.0. The molecule has 2 amide bonds. The fourth-order valence-electron chi connectivity index (χ4n) is 3.00. The van der Waals surface area contributed by atoms with Gasteiger partial charge in [-0.05, 0) is 5.21 Å². The molecule has 2 aliphatic rings. The second kappa shape index (κ2) is 9.57. The number of nitrogens with two attached hydrogens (primary N) is 1. The van der Waals surface area contributed by atoms with Crippen molar-refractivity contribution >= 4 is 75.2 Å². The Hall–Kier alpha value is -2.83. The molecule has 14 nitrogen and oxygen atoms in total. The SMILES string of the molecule is Cn1nnc(SCSC2=C(C(=O)O)N3C(=O)[C@@H](NC(=O)/C(=N\O)c4csc(N)n4)[C@@H]3SC2)n1. The number of tetrazole rings is 1. The number of aromatic nitrogens is 5. The number of hydrogen-bond donors (Lipinski definition) is 4. The zero-order chi connectivity index (χ0) is 23.7. The smallest absolute Gasteiger partial charge is 0.353 e. The Morgan fingerprint density at radius 3 is 2.82 bits per heavy atom. The lowest BCUT2D eigenvalue weighted by atomic mass is 10.0. The maximum atomic E-state index is 12.8. The summed E-state index contributed by atoms with van der Waals surface area (Å²) in [4.78, 5) is 44.1. The summed E-state index contributed by atoms with van der Waals surface area (Å²) in [5.41, 5.74) is 5.10. The van der Waals surface area contributed by atoms with E-state index >= 15 is 0 Å². The van der Waals surface area contributed by atoms with Crippen molar-refractivity contribution in [3.8, 4) is 0 Å². The predicted octanol–water partition coefficient (Wildman–Crippen LogP) is -0.394. The van der Waals surface area contributed by atoms with Crippen LogP contribution in [0.5, 0.6) is 0 Å². The predicted molar refractivity (Wildman–Crippen MR) is 122 cm³/mol. The van der Waals surface area contributed by atoms with Gasteiger partial charge in [-0.3, -0.25) is 14.5 Å². The van der Waals surface area contributed by atoms with Gasteiger partial charge in [0.25, 0.3) is 11.8 Å². The maximum absolute atomic E-state index is 12.8. The Balaban J connectivity index is 1.43. The first-order chi connectivity index (χ1) is 15.8. The van der Waals surface area contributed by atoms with Crippen molar-refractivity contribution in [3.63, 3.8) is 0 Å². The molecule has 0 aliphatic carbocycles. The highest BCUT2D eigenvalue weighted by Gasteiger charge is 2.54. The van der Waals surface area contributed by atoms with Crippen LogP contribution in [0.15, 0.2) is 26.3 Å². The molecule has 18 heteroatoms. The van der Waals surface area contributed by atoms with Gasteiger partial charge in [0.05, 0.1) is 12.1 Å². The molecule has 2 aromatic rings. The van der Waals surface area contributed by atoms with Crippen LogP contribution in [0.25, 0.3) is 0 Å². The minimum atomic E-state index is -1.24. The number of carboxylic acid groups (broad SMARTS) is 1. The Morgan fingerprint density at radius 1 is 1.42 bits per heavy atom. The van der Waals surface area contributed by atoms with E-state index in [1.165, 1.54) is 45.5 Å². The molecule has 0 saturated carbocycles. The number of aliphatic carboxylic acids is 1. The standard InChI is InChI=1S/C15H15N9O5S4/c1-23-20-15(19-22-23)33-4-32-6-3-30-12-8(11(26)24(12)9(6)13(27)28)18-10(25)7(21-29)5-2-31-14(16)17-5/h2,8,12,29H,3-4H2,1H3,(H2,16,17)(H,18,25)(H,27,28)/b21-7-/t8-,12+/m1/s1. The van der Waals surface area contributed by atoms with Crippen LogP contribution in [-0.4, -0.2) is 86.2 Å². The Bertz CT molecular complexity index is 1180. The number of aryl methyl sites for hydroxylation is 1. The van der Waals surface area contributed by atoms with Crippen LogP contribution in [-0.2, 0) is 21.4 Å². The van der Waals surface area contributed by atoms with Gasteiger partial charge < -0.3 is 21.4 Å². The number of hydrogen-bond acceptors (Lipinski definition) is 14. The van der Waals surface area contributed by atoms with E-state index in [2.05, 4.69) is 30.9 Å². The molecule has 5 N–H and O–H groups in total. The Labute approximate surface area is 202 Å². The highest BCUT2D eigenvalue weighted by Crippen LogP contribution is 2.44. The van der Waals surface area contributed by atoms with Crippen LogP contribution in [0.2, 0.25) is 0 Å². The number of nitrogens with one attached hydrogen (secondary N) is 1. The molecule has 0 aromatic carbocycles. The van der Waals surface area contributed by atoms with Gasteiger partial charge in [-0.15, -0.1) is 45.1 Å². The lowest BCUT2D eigenvalue weighted by Gasteiger charge is -2.49. The van der Waals surface area contributed by atoms with Crippen molar-refractivity contribution in [2.24, 2.45) is 12.2 Å². The summed E-state index contributed by atoms with van der Waals surface area (Å²) in [7, 11) is 1.64. The molecule has 4 rings (SSSR count). The number of anilines is 1. The molecule has 33 heavy (non-hydrogen) atoms. The third-order valence-corrected chi connectivity index (χ3v) is 8.60. The summed E-state index contributed by atoms with van der Waals surface area (Å²) in [6, 6.07) is -0.977. The largest absolute Gasteiger partial charge is 0.477 e. The monoisotopic (exact) mass is 529 g/mol. The second-order valence-corrected chi connectivity index (χ2v) is 10.8. The van der Waals surface area contributed by atoms with E-state index in [1.807, 2.05) is 0 Å². The zero-order valence-electron chi connectivity index (χ0n) is 16.6. The first-order valence-electron chi connectivity index (χ1n) is 8.95. The second-order valence-electron chi connectivity index (χ2n) is 6.43. The van der Waals surface area contributed by atoms with Crippen LogP contribution in [0.4, 0.5) is 5.13 Å². The van der Waals surface area contributed by atoms with Gasteiger partial charge in [0, 0.05) is 16.0 Å². The van der Waals surface area contributed by atoms with Gasteiger partial charge in [-0.1, -0.05) is 16.9 Å². The normalized spacial score (nSPS) is 20.5. The van der Waals surface area contributed by atoms with E-state index in [9.17, 15) is 24.7 Å². The van der Waals surface area contributed by atoms with Crippen molar-refractivity contribution in [2.45, 2.75) is 16.6 Å². The molecule has 0 radical (unpaired) electrons. The number of amides is 2. The van der Waals surface area contributed by atoms with Crippen molar-refractivity contribution in [2.75, 3.05) is 16.6 Å². The van der Waals surface area contributed by atoms with Gasteiger partial charge in [0.2, 0.25) is 5.16 Å². The molecule has 1 fully saturated rings. The average Bonchev–Trinajstić information content (AvgIpc) is 3.39. The molecule has 0 spiro atoms. The van der Waals surface area contributed by atoms with E-state index in [4.69, 9.17) is 5.73 Å². The van der Waals surface area contributed by atoms with Gasteiger partial charge >= 0.3 is 5.97 Å². The fraction of sp³-hybridized carbons (Fsp3) is 0.333. The summed E-state index contributed by atoms with van der Waals surface area (Å²) < 4.78 is 0. The van der Waals surface area contributed by atoms with Gasteiger partial charge in [-0.2, -0.15) is 4.80 Å². The number of rotatable bonds is 8. The summed E-state index contributed by atoms with van der Waals surface area (Å²) in [6.45, 7) is 0. The molecule has 2 atom stereocenters. The minimum absolute atomic E-state index is 0.0670. The highest BCUT2D eigenvalue weighted by molar-refractivity contribution is 8.18. The molecular formula is C15H15N9O5S4. The first-order valence-corrected chi connectivity index (χ1v) is 12.8. The quantitative estimate of drug-likeness (QED) is 0.0860.